The zero-order valence-corrected chi connectivity index (χ0v) is 21.5. The standard InChI is InChI=1S/C24H21ClF4N6O2S/c1-34-7-5-17(15(26)11-34)31-16-3-2-4-18-14(16)9-19(35(18)12-24(27,28)29)22-32-20(37-33-22)10-30-23(36)13-6-8-38-21(13)25/h2-4,6,8-9,15H,5,7,10-12H2,1H3,(H,30,36)/t15-/m0/s1. The van der Waals surface area contributed by atoms with Crippen LogP contribution in [0.1, 0.15) is 22.7 Å². The maximum Gasteiger partial charge on any atom is 0.406 e. The Kier molecular flexibility index (Phi) is 7.25. The Hall–Kier alpha value is -3.29. The molecular weight excluding hydrogens is 548 g/mol. The Balaban J connectivity index is 1.48. The van der Waals surface area contributed by atoms with Crippen LogP contribution in [-0.2, 0) is 13.1 Å². The molecule has 200 valence electrons. The predicted molar refractivity (Wildman–Crippen MR) is 136 cm³/mol. The number of carbonyl (C=O) groups excluding carboxylic acids is 1. The summed E-state index contributed by atoms with van der Waals surface area (Å²) in [5, 5.41) is 8.50. The molecule has 1 atom stereocenters. The molecule has 1 N–H and O–H groups in total. The van der Waals surface area contributed by atoms with Gasteiger partial charge in [-0.2, -0.15) is 18.2 Å². The number of likely N-dealkylation sites (tertiary alicyclic amines) is 1. The van der Waals surface area contributed by atoms with Crippen molar-refractivity contribution in [1.29, 1.82) is 0 Å². The Bertz CT molecular complexity index is 1510. The smallest absolute Gasteiger partial charge is 0.343 e. The zero-order chi connectivity index (χ0) is 27.0. The van der Waals surface area contributed by atoms with E-state index in [0.717, 1.165) is 4.57 Å². The fourth-order valence-corrected chi connectivity index (χ4v) is 5.17. The van der Waals surface area contributed by atoms with Gasteiger partial charge < -0.3 is 19.3 Å². The third-order valence-electron chi connectivity index (χ3n) is 6.07. The number of hydrogen-bond acceptors (Lipinski definition) is 7. The third-order valence-corrected chi connectivity index (χ3v) is 7.24. The van der Waals surface area contributed by atoms with Crippen molar-refractivity contribution in [2.45, 2.75) is 31.9 Å². The van der Waals surface area contributed by atoms with E-state index in [4.69, 9.17) is 16.1 Å². The number of alkyl halides is 4. The highest BCUT2D eigenvalue weighted by Gasteiger charge is 2.31. The van der Waals surface area contributed by atoms with Crippen LogP contribution in [0, 0.1) is 0 Å². The van der Waals surface area contributed by atoms with Crippen LogP contribution in [-0.4, -0.2) is 63.7 Å². The molecule has 5 rings (SSSR count). The molecule has 0 radical (unpaired) electrons. The first kappa shape index (κ1) is 26.3. The lowest BCUT2D eigenvalue weighted by molar-refractivity contribution is -0.139. The summed E-state index contributed by atoms with van der Waals surface area (Å²) in [6, 6.07) is 7.79. The third kappa shape index (κ3) is 5.59. The van der Waals surface area contributed by atoms with Crippen molar-refractivity contribution in [2.75, 3.05) is 20.1 Å². The summed E-state index contributed by atoms with van der Waals surface area (Å²) >= 11 is 7.18. The molecule has 1 aliphatic rings. The largest absolute Gasteiger partial charge is 0.406 e. The van der Waals surface area contributed by atoms with Crippen molar-refractivity contribution >= 4 is 51.1 Å². The van der Waals surface area contributed by atoms with Crippen LogP contribution in [0.5, 0.6) is 0 Å². The molecule has 0 unspecified atom stereocenters. The molecule has 14 heteroatoms. The minimum atomic E-state index is -4.54. The number of piperidine rings is 1. The molecule has 1 aliphatic heterocycles. The summed E-state index contributed by atoms with van der Waals surface area (Å²) in [6.45, 7) is -0.616. The van der Waals surface area contributed by atoms with Crippen LogP contribution in [0.15, 0.2) is 45.2 Å². The molecule has 1 saturated heterocycles. The van der Waals surface area contributed by atoms with Crippen molar-refractivity contribution in [3.05, 3.63) is 51.5 Å². The summed E-state index contributed by atoms with van der Waals surface area (Å²) in [4.78, 5) is 22.8. The zero-order valence-electron chi connectivity index (χ0n) is 19.9. The van der Waals surface area contributed by atoms with Gasteiger partial charge in [-0.1, -0.05) is 22.8 Å². The minimum absolute atomic E-state index is 0.00409. The number of aromatic nitrogens is 3. The number of amides is 1. The number of rotatable bonds is 6. The van der Waals surface area contributed by atoms with E-state index in [2.05, 4.69) is 20.4 Å². The van der Waals surface area contributed by atoms with Crippen molar-refractivity contribution in [3.8, 4) is 11.5 Å². The van der Waals surface area contributed by atoms with E-state index in [-0.39, 0.29) is 41.6 Å². The summed E-state index contributed by atoms with van der Waals surface area (Å²) in [5.74, 6) is -0.550. The molecule has 4 heterocycles. The van der Waals surface area contributed by atoms with Crippen LogP contribution in [0.3, 0.4) is 0 Å². The summed E-state index contributed by atoms with van der Waals surface area (Å²) in [7, 11) is 1.81. The van der Waals surface area contributed by atoms with E-state index in [9.17, 15) is 22.4 Å². The quantitative estimate of drug-likeness (QED) is 0.304. The number of aliphatic imine (C=N–C) groups is 1. The highest BCUT2D eigenvalue weighted by molar-refractivity contribution is 7.14. The van der Waals surface area contributed by atoms with Crippen LogP contribution in [0.4, 0.5) is 23.2 Å². The predicted octanol–water partition coefficient (Wildman–Crippen LogP) is 5.64. The van der Waals surface area contributed by atoms with Crippen LogP contribution in [0.25, 0.3) is 22.4 Å². The van der Waals surface area contributed by atoms with Crippen LogP contribution < -0.4 is 5.32 Å². The van der Waals surface area contributed by atoms with Crippen molar-refractivity contribution in [1.82, 2.24) is 24.9 Å². The summed E-state index contributed by atoms with van der Waals surface area (Å²) in [5.41, 5.74) is 1.29. The number of halogens is 5. The molecule has 1 amide bonds. The number of fused-ring (bicyclic) bond motifs is 1. The van der Waals surface area contributed by atoms with E-state index in [1.165, 1.54) is 23.5 Å². The Labute approximate surface area is 222 Å². The second kappa shape index (κ2) is 10.5. The fraction of sp³-hybridized carbons (Fsp3) is 0.333. The number of carbonyl (C=O) groups is 1. The Morgan fingerprint density at radius 2 is 2.16 bits per heavy atom. The highest BCUT2D eigenvalue weighted by atomic mass is 35.5. The molecule has 1 fully saturated rings. The molecule has 0 aliphatic carbocycles. The first-order valence-corrected chi connectivity index (χ1v) is 12.8. The summed E-state index contributed by atoms with van der Waals surface area (Å²) < 4.78 is 61.8. The fourth-order valence-electron chi connectivity index (χ4n) is 4.25. The number of hydrogen-bond donors (Lipinski definition) is 1. The first-order valence-electron chi connectivity index (χ1n) is 11.5. The monoisotopic (exact) mass is 568 g/mol. The second-order valence-electron chi connectivity index (χ2n) is 8.83. The minimum Gasteiger partial charge on any atom is -0.343 e. The van der Waals surface area contributed by atoms with Crippen LogP contribution in [0.2, 0.25) is 4.34 Å². The van der Waals surface area contributed by atoms with Gasteiger partial charge in [0.1, 0.15) is 10.9 Å². The molecule has 0 spiro atoms. The van der Waals surface area contributed by atoms with Gasteiger partial charge in [0.15, 0.2) is 6.17 Å². The van der Waals surface area contributed by atoms with Gasteiger partial charge in [0.05, 0.1) is 34.7 Å². The number of nitrogens with one attached hydrogen (secondary N) is 1. The van der Waals surface area contributed by atoms with Gasteiger partial charge in [-0.25, -0.2) is 4.39 Å². The molecule has 4 aromatic rings. The van der Waals surface area contributed by atoms with Gasteiger partial charge in [0.25, 0.3) is 5.91 Å². The van der Waals surface area contributed by atoms with E-state index in [1.807, 2.05) is 11.9 Å². The maximum atomic E-state index is 14.6. The Morgan fingerprint density at radius 1 is 1.34 bits per heavy atom. The maximum absolute atomic E-state index is 14.6. The number of thiophene rings is 1. The lowest BCUT2D eigenvalue weighted by atomic mass is 10.1. The van der Waals surface area contributed by atoms with Crippen LogP contribution >= 0.6 is 22.9 Å². The lowest BCUT2D eigenvalue weighted by Gasteiger charge is -2.26. The molecule has 1 aromatic carbocycles. The van der Waals surface area contributed by atoms with E-state index >= 15 is 0 Å². The molecule has 0 bridgehead atoms. The first-order chi connectivity index (χ1) is 18.1. The van der Waals surface area contributed by atoms with Gasteiger partial charge in [-0.3, -0.25) is 9.79 Å². The van der Waals surface area contributed by atoms with Crippen molar-refractivity contribution in [3.63, 3.8) is 0 Å². The van der Waals surface area contributed by atoms with E-state index in [0.29, 0.717) is 34.1 Å². The van der Waals surface area contributed by atoms with E-state index < -0.39 is 24.8 Å². The summed E-state index contributed by atoms with van der Waals surface area (Å²) in [6.07, 6.45) is -5.39. The second-order valence-corrected chi connectivity index (χ2v) is 10.3. The molecule has 38 heavy (non-hydrogen) atoms. The van der Waals surface area contributed by atoms with Gasteiger partial charge in [-0.05, 0) is 36.7 Å². The van der Waals surface area contributed by atoms with E-state index in [1.54, 1.807) is 23.6 Å². The number of benzene rings is 1. The van der Waals surface area contributed by atoms with Gasteiger partial charge in [-0.15, -0.1) is 11.3 Å². The lowest BCUT2D eigenvalue weighted by Crippen LogP contribution is -2.39. The molecule has 3 aromatic heterocycles. The Morgan fingerprint density at radius 3 is 2.87 bits per heavy atom. The normalized spacial score (nSPS) is 17.9. The number of nitrogens with zero attached hydrogens (tertiary/aromatic N) is 5. The SMILES string of the molecule is CN1CCC(=Nc2cccc3c2cc(-c2noc(CNC(=O)c4ccsc4Cl)n2)n3CC(F)(F)F)[C@@H](F)C1. The molecule has 8 nitrogen and oxygen atoms in total. The van der Waals surface area contributed by atoms with Gasteiger partial charge >= 0.3 is 6.18 Å². The molecule has 0 saturated carbocycles. The van der Waals surface area contributed by atoms with Gasteiger partial charge in [0, 0.05) is 24.9 Å². The highest BCUT2D eigenvalue weighted by Crippen LogP contribution is 2.36. The average Bonchev–Trinajstić information content (AvgIpc) is 3.58. The van der Waals surface area contributed by atoms with Gasteiger partial charge in [0.2, 0.25) is 11.7 Å². The van der Waals surface area contributed by atoms with Crippen molar-refractivity contribution < 1.29 is 26.9 Å². The van der Waals surface area contributed by atoms with Crippen molar-refractivity contribution in [2.24, 2.45) is 4.99 Å². The average molecular weight is 569 g/mol. The molecular formula is C24H21ClF4N6O2S. The topological polar surface area (TPSA) is 88.6 Å².